The summed E-state index contributed by atoms with van der Waals surface area (Å²) in [6.07, 6.45) is 0. The van der Waals surface area contributed by atoms with E-state index in [4.69, 9.17) is 9.47 Å². The maximum Gasteiger partial charge on any atom is 0.275 e. The summed E-state index contributed by atoms with van der Waals surface area (Å²) in [5.74, 6) is 0.982. The van der Waals surface area contributed by atoms with Crippen molar-refractivity contribution in [1.29, 1.82) is 0 Å². The molecule has 2 aromatic carbocycles. The zero-order valence-corrected chi connectivity index (χ0v) is 13.6. The summed E-state index contributed by atoms with van der Waals surface area (Å²) in [5, 5.41) is 2.80. The lowest BCUT2D eigenvalue weighted by Gasteiger charge is -2.07. The van der Waals surface area contributed by atoms with Crippen LogP contribution in [0.2, 0.25) is 0 Å². The molecule has 0 unspecified atom stereocenters. The number of benzene rings is 2. The van der Waals surface area contributed by atoms with E-state index in [1.54, 1.807) is 32.4 Å². The highest BCUT2D eigenvalue weighted by Gasteiger charge is 2.26. The SMILES string of the molecule is COc1ccc(OC)c(N=C2C(=O)Nc3ccc(Br)cc32)c1. The van der Waals surface area contributed by atoms with Crippen molar-refractivity contribution < 1.29 is 14.3 Å². The summed E-state index contributed by atoms with van der Waals surface area (Å²) in [6.45, 7) is 0. The number of nitrogens with one attached hydrogen (secondary N) is 1. The molecule has 1 aliphatic rings. The predicted octanol–water partition coefficient (Wildman–Crippen LogP) is 3.54. The average Bonchev–Trinajstić information content (AvgIpc) is 2.83. The van der Waals surface area contributed by atoms with E-state index in [-0.39, 0.29) is 5.91 Å². The van der Waals surface area contributed by atoms with Gasteiger partial charge in [0.25, 0.3) is 5.91 Å². The minimum absolute atomic E-state index is 0.238. The van der Waals surface area contributed by atoms with Gasteiger partial charge in [-0.25, -0.2) is 4.99 Å². The summed E-state index contributed by atoms with van der Waals surface area (Å²) in [6, 6.07) is 10.8. The number of aliphatic imine (C=N–C) groups is 1. The van der Waals surface area contributed by atoms with Gasteiger partial charge < -0.3 is 14.8 Å². The Labute approximate surface area is 136 Å². The minimum atomic E-state index is -0.238. The van der Waals surface area contributed by atoms with Crippen molar-refractivity contribution in [3.05, 3.63) is 46.4 Å². The molecule has 0 aromatic heterocycles. The predicted molar refractivity (Wildman–Crippen MR) is 88.5 cm³/mol. The van der Waals surface area contributed by atoms with Crippen molar-refractivity contribution >= 4 is 38.9 Å². The van der Waals surface area contributed by atoms with Crippen molar-refractivity contribution in [3.8, 4) is 11.5 Å². The van der Waals surface area contributed by atoms with E-state index in [2.05, 4.69) is 26.2 Å². The van der Waals surface area contributed by atoms with E-state index >= 15 is 0 Å². The molecule has 0 saturated carbocycles. The van der Waals surface area contributed by atoms with E-state index in [0.717, 1.165) is 15.7 Å². The molecular weight excluding hydrogens is 348 g/mol. The number of amides is 1. The third-order valence-corrected chi connectivity index (χ3v) is 3.81. The molecular formula is C16H13BrN2O3. The van der Waals surface area contributed by atoms with Crippen molar-refractivity contribution in [2.24, 2.45) is 4.99 Å². The van der Waals surface area contributed by atoms with Gasteiger partial charge in [-0.15, -0.1) is 0 Å². The zero-order valence-electron chi connectivity index (χ0n) is 12.0. The van der Waals surface area contributed by atoms with Crippen LogP contribution in [0.15, 0.2) is 45.9 Å². The highest BCUT2D eigenvalue weighted by Crippen LogP contribution is 2.34. The molecule has 6 heteroatoms. The van der Waals surface area contributed by atoms with Crippen LogP contribution in [0.5, 0.6) is 11.5 Å². The van der Waals surface area contributed by atoms with Gasteiger partial charge >= 0.3 is 0 Å². The Kier molecular flexibility index (Phi) is 3.85. The van der Waals surface area contributed by atoms with Gasteiger partial charge in [-0.2, -0.15) is 0 Å². The molecule has 112 valence electrons. The lowest BCUT2D eigenvalue weighted by atomic mass is 10.1. The number of fused-ring (bicyclic) bond motifs is 1. The van der Waals surface area contributed by atoms with Gasteiger partial charge in [0.05, 0.1) is 19.9 Å². The Hall–Kier alpha value is -2.34. The second-order valence-corrected chi connectivity index (χ2v) is 5.56. The minimum Gasteiger partial charge on any atom is -0.497 e. The van der Waals surface area contributed by atoms with E-state index in [9.17, 15) is 4.79 Å². The quantitative estimate of drug-likeness (QED) is 0.910. The van der Waals surface area contributed by atoms with Crippen molar-refractivity contribution in [1.82, 2.24) is 0 Å². The smallest absolute Gasteiger partial charge is 0.275 e. The van der Waals surface area contributed by atoms with Crippen LogP contribution in [-0.4, -0.2) is 25.8 Å². The Morgan fingerprint density at radius 1 is 1.09 bits per heavy atom. The molecule has 5 nitrogen and oxygen atoms in total. The van der Waals surface area contributed by atoms with Crippen LogP contribution in [0.3, 0.4) is 0 Å². The number of hydrogen-bond donors (Lipinski definition) is 1. The standard InChI is InChI=1S/C16H13BrN2O3/c1-21-10-4-6-14(22-2)13(8-10)18-15-11-7-9(17)3-5-12(11)19-16(15)20/h3-8H,1-2H3,(H,18,19,20). The first-order valence-electron chi connectivity index (χ1n) is 6.54. The van der Waals surface area contributed by atoms with Crippen LogP contribution >= 0.6 is 15.9 Å². The van der Waals surface area contributed by atoms with Crippen LogP contribution in [0.1, 0.15) is 5.56 Å². The van der Waals surface area contributed by atoms with E-state index in [1.807, 2.05) is 18.2 Å². The third kappa shape index (κ3) is 2.57. The van der Waals surface area contributed by atoms with Gasteiger partial charge in [0, 0.05) is 16.1 Å². The van der Waals surface area contributed by atoms with Crippen molar-refractivity contribution in [2.75, 3.05) is 19.5 Å². The van der Waals surface area contributed by atoms with Crippen LogP contribution in [-0.2, 0) is 4.79 Å². The van der Waals surface area contributed by atoms with Crippen molar-refractivity contribution in [2.45, 2.75) is 0 Å². The fourth-order valence-electron chi connectivity index (χ4n) is 2.24. The molecule has 0 saturated heterocycles. The van der Waals surface area contributed by atoms with Crippen LogP contribution in [0, 0.1) is 0 Å². The molecule has 22 heavy (non-hydrogen) atoms. The lowest BCUT2D eigenvalue weighted by Crippen LogP contribution is -2.14. The van der Waals surface area contributed by atoms with Crippen molar-refractivity contribution in [3.63, 3.8) is 0 Å². The molecule has 1 N–H and O–H groups in total. The Balaban J connectivity index is 2.13. The van der Waals surface area contributed by atoms with Gasteiger partial charge in [-0.05, 0) is 30.3 Å². The molecule has 1 aliphatic heterocycles. The summed E-state index contributed by atoms with van der Waals surface area (Å²) in [4.78, 5) is 16.7. The number of carbonyl (C=O) groups is 1. The van der Waals surface area contributed by atoms with Gasteiger partial charge in [0.1, 0.15) is 22.9 Å². The molecule has 2 aromatic rings. The first-order valence-corrected chi connectivity index (χ1v) is 7.33. The molecule has 0 aliphatic carbocycles. The monoisotopic (exact) mass is 360 g/mol. The lowest BCUT2D eigenvalue weighted by molar-refractivity contribution is -0.110. The highest BCUT2D eigenvalue weighted by molar-refractivity contribution is 9.10. The number of methoxy groups -OCH3 is 2. The zero-order chi connectivity index (χ0) is 15.7. The third-order valence-electron chi connectivity index (χ3n) is 3.32. The molecule has 0 radical (unpaired) electrons. The largest absolute Gasteiger partial charge is 0.497 e. The fraction of sp³-hybridized carbons (Fsp3) is 0.125. The van der Waals surface area contributed by atoms with E-state index in [1.165, 1.54) is 0 Å². The van der Waals surface area contributed by atoms with Crippen LogP contribution < -0.4 is 14.8 Å². The first kappa shape index (κ1) is 14.6. The number of nitrogens with zero attached hydrogens (tertiary/aromatic N) is 1. The normalized spacial score (nSPS) is 14.7. The maximum absolute atomic E-state index is 12.2. The number of ether oxygens (including phenoxy) is 2. The molecule has 1 amide bonds. The molecule has 0 spiro atoms. The average molecular weight is 361 g/mol. The Bertz CT molecular complexity index is 787. The number of rotatable bonds is 3. The van der Waals surface area contributed by atoms with Gasteiger partial charge in [0.15, 0.2) is 0 Å². The molecule has 1 heterocycles. The molecule has 3 rings (SSSR count). The second kappa shape index (κ2) is 5.81. The molecule has 0 fully saturated rings. The topological polar surface area (TPSA) is 59.9 Å². The first-order chi connectivity index (χ1) is 10.6. The highest BCUT2D eigenvalue weighted by atomic mass is 79.9. The Morgan fingerprint density at radius 3 is 2.64 bits per heavy atom. The molecule has 0 bridgehead atoms. The number of carbonyl (C=O) groups excluding carboxylic acids is 1. The fourth-order valence-corrected chi connectivity index (χ4v) is 2.60. The number of halogens is 1. The summed E-state index contributed by atoms with van der Waals surface area (Å²) in [5.41, 5.74) is 2.39. The van der Waals surface area contributed by atoms with E-state index in [0.29, 0.717) is 22.9 Å². The van der Waals surface area contributed by atoms with Gasteiger partial charge in [0.2, 0.25) is 0 Å². The maximum atomic E-state index is 12.2. The van der Waals surface area contributed by atoms with Gasteiger partial charge in [-0.1, -0.05) is 15.9 Å². The second-order valence-electron chi connectivity index (χ2n) is 4.64. The Morgan fingerprint density at radius 2 is 1.91 bits per heavy atom. The summed E-state index contributed by atoms with van der Waals surface area (Å²) < 4.78 is 11.4. The van der Waals surface area contributed by atoms with Crippen LogP contribution in [0.25, 0.3) is 0 Å². The van der Waals surface area contributed by atoms with E-state index < -0.39 is 0 Å². The van der Waals surface area contributed by atoms with Gasteiger partial charge in [-0.3, -0.25) is 4.79 Å². The van der Waals surface area contributed by atoms with Crippen LogP contribution in [0.4, 0.5) is 11.4 Å². The number of anilines is 1. The summed E-state index contributed by atoms with van der Waals surface area (Å²) >= 11 is 3.41. The molecule has 0 atom stereocenters. The summed E-state index contributed by atoms with van der Waals surface area (Å²) in [7, 11) is 3.14. The number of hydrogen-bond acceptors (Lipinski definition) is 4.